The van der Waals surface area contributed by atoms with E-state index in [-0.39, 0.29) is 35.5 Å². The van der Waals surface area contributed by atoms with E-state index >= 15 is 0 Å². The van der Waals surface area contributed by atoms with E-state index in [1.807, 2.05) is 30.3 Å². The second-order valence-corrected chi connectivity index (χ2v) is 9.04. The van der Waals surface area contributed by atoms with Gasteiger partial charge in [-0.05, 0) is 37.0 Å². The van der Waals surface area contributed by atoms with Crippen LogP contribution in [0.1, 0.15) is 24.0 Å². The Bertz CT molecular complexity index is 1000. The van der Waals surface area contributed by atoms with Crippen LogP contribution in [0.25, 0.3) is 0 Å². The van der Waals surface area contributed by atoms with E-state index in [9.17, 15) is 18.0 Å². The third kappa shape index (κ3) is 5.57. The maximum atomic E-state index is 12.7. The number of ether oxygens (including phenoxy) is 1. The normalized spacial score (nSPS) is 13.2. The Morgan fingerprint density at radius 3 is 2.72 bits per heavy atom. The van der Waals surface area contributed by atoms with E-state index in [2.05, 4.69) is 10.6 Å². The lowest BCUT2D eigenvalue weighted by atomic mass is 10.1. The minimum absolute atomic E-state index is 0.109. The Morgan fingerprint density at radius 1 is 1.21 bits per heavy atom. The Balaban J connectivity index is 1.52. The van der Waals surface area contributed by atoms with E-state index in [0.717, 1.165) is 12.8 Å². The Hall–Kier alpha value is -2.87. The monoisotopic (exact) mass is 416 g/mol. The van der Waals surface area contributed by atoms with Crippen molar-refractivity contribution >= 4 is 27.3 Å². The molecule has 0 bridgehead atoms. The minimum Gasteiger partial charge on any atom is -0.482 e. The second-order valence-electron chi connectivity index (χ2n) is 6.96. The second kappa shape index (κ2) is 9.09. The first kappa shape index (κ1) is 20.9. The van der Waals surface area contributed by atoms with Crippen molar-refractivity contribution in [2.45, 2.75) is 31.1 Å². The van der Waals surface area contributed by atoms with Gasteiger partial charge in [-0.3, -0.25) is 9.59 Å². The molecule has 2 aromatic carbocycles. The fraction of sp³-hybridized carbons (Fsp3) is 0.333. The highest BCUT2D eigenvalue weighted by Gasteiger charge is 2.24. The number of rotatable bonds is 8. The number of anilines is 1. The van der Waals surface area contributed by atoms with Gasteiger partial charge in [0.1, 0.15) is 5.75 Å². The lowest BCUT2D eigenvalue weighted by molar-refractivity contribution is -0.120. The fourth-order valence-electron chi connectivity index (χ4n) is 3.14. The molecule has 0 aromatic heterocycles. The first-order valence-corrected chi connectivity index (χ1v) is 11.1. The molecule has 0 radical (unpaired) electrons. The van der Waals surface area contributed by atoms with Crippen LogP contribution in [0.3, 0.4) is 0 Å². The summed E-state index contributed by atoms with van der Waals surface area (Å²) < 4.78 is 30.7. The number of amides is 2. The van der Waals surface area contributed by atoms with Crippen molar-refractivity contribution < 1.29 is 22.7 Å². The van der Waals surface area contributed by atoms with Gasteiger partial charge < -0.3 is 15.4 Å². The van der Waals surface area contributed by atoms with Crippen molar-refractivity contribution in [1.29, 1.82) is 0 Å². The standard InChI is InChI=1S/C21H24N2O5S/c1-15-12-17-18(28-14-21(25)23-17)13-19(15)29(26,27)11-9-20(24)22-10-5-8-16-6-3-2-4-7-16/h2-4,6-7,12-13H,5,8-11,14H2,1H3,(H,22,24)(H,23,25). The lowest BCUT2D eigenvalue weighted by Crippen LogP contribution is -2.27. The highest BCUT2D eigenvalue weighted by molar-refractivity contribution is 7.91. The molecule has 1 heterocycles. The summed E-state index contributed by atoms with van der Waals surface area (Å²) in [7, 11) is -3.66. The van der Waals surface area contributed by atoms with Gasteiger partial charge in [0, 0.05) is 19.0 Å². The Labute approximate surface area is 170 Å². The highest BCUT2D eigenvalue weighted by Crippen LogP contribution is 2.33. The maximum absolute atomic E-state index is 12.7. The molecule has 8 heteroatoms. The molecule has 1 aliphatic rings. The predicted molar refractivity (Wildman–Crippen MR) is 110 cm³/mol. The smallest absolute Gasteiger partial charge is 0.262 e. The van der Waals surface area contributed by atoms with E-state index in [1.165, 1.54) is 11.6 Å². The Morgan fingerprint density at radius 2 is 1.97 bits per heavy atom. The molecule has 0 unspecified atom stereocenters. The molecule has 1 aliphatic heterocycles. The predicted octanol–water partition coefficient (Wildman–Crippen LogP) is 2.24. The zero-order valence-electron chi connectivity index (χ0n) is 16.2. The molecule has 0 saturated carbocycles. The van der Waals surface area contributed by atoms with Crippen LogP contribution < -0.4 is 15.4 Å². The minimum atomic E-state index is -3.66. The number of aryl methyl sites for hydroxylation is 2. The van der Waals surface area contributed by atoms with Crippen molar-refractivity contribution in [2.24, 2.45) is 0 Å². The van der Waals surface area contributed by atoms with E-state index < -0.39 is 9.84 Å². The molecule has 2 amide bonds. The SMILES string of the molecule is Cc1cc2c(cc1S(=O)(=O)CCC(=O)NCCCc1ccccc1)OCC(=O)N2. The van der Waals surface area contributed by atoms with Crippen molar-refractivity contribution in [1.82, 2.24) is 5.32 Å². The summed E-state index contributed by atoms with van der Waals surface area (Å²) in [6, 6.07) is 13.0. The van der Waals surface area contributed by atoms with Crippen molar-refractivity contribution in [3.63, 3.8) is 0 Å². The van der Waals surface area contributed by atoms with Gasteiger partial charge in [0.05, 0.1) is 16.3 Å². The van der Waals surface area contributed by atoms with Gasteiger partial charge in [-0.15, -0.1) is 0 Å². The van der Waals surface area contributed by atoms with Gasteiger partial charge >= 0.3 is 0 Å². The summed E-state index contributed by atoms with van der Waals surface area (Å²) in [4.78, 5) is 23.5. The molecule has 3 rings (SSSR count). The lowest BCUT2D eigenvalue weighted by Gasteiger charge is -2.20. The number of nitrogens with one attached hydrogen (secondary N) is 2. The summed E-state index contributed by atoms with van der Waals surface area (Å²) in [5, 5.41) is 5.42. The van der Waals surface area contributed by atoms with Gasteiger partial charge in [-0.25, -0.2) is 8.42 Å². The van der Waals surface area contributed by atoms with Gasteiger partial charge in [0.15, 0.2) is 16.4 Å². The van der Waals surface area contributed by atoms with Crippen LogP contribution in [0.4, 0.5) is 5.69 Å². The number of hydrogen-bond donors (Lipinski definition) is 2. The molecule has 154 valence electrons. The first-order valence-electron chi connectivity index (χ1n) is 9.46. The molecule has 0 aliphatic carbocycles. The van der Waals surface area contributed by atoms with Crippen LogP contribution in [0.5, 0.6) is 5.75 Å². The molecule has 2 N–H and O–H groups in total. The van der Waals surface area contributed by atoms with E-state index in [4.69, 9.17) is 4.74 Å². The topological polar surface area (TPSA) is 102 Å². The molecule has 0 spiro atoms. The summed E-state index contributed by atoms with van der Waals surface area (Å²) in [5.74, 6) is -0.542. The average Bonchev–Trinajstić information content (AvgIpc) is 2.70. The van der Waals surface area contributed by atoms with Crippen molar-refractivity contribution in [3.8, 4) is 5.75 Å². The summed E-state index contributed by atoms with van der Waals surface area (Å²) in [6.07, 6.45) is 1.53. The maximum Gasteiger partial charge on any atom is 0.262 e. The number of carbonyl (C=O) groups excluding carboxylic acids is 2. The largest absolute Gasteiger partial charge is 0.482 e. The van der Waals surface area contributed by atoms with Crippen LogP contribution in [0, 0.1) is 6.92 Å². The number of benzene rings is 2. The van der Waals surface area contributed by atoms with Gasteiger partial charge in [-0.1, -0.05) is 30.3 Å². The highest BCUT2D eigenvalue weighted by atomic mass is 32.2. The van der Waals surface area contributed by atoms with E-state index in [0.29, 0.717) is 23.5 Å². The third-order valence-electron chi connectivity index (χ3n) is 4.65. The number of hydrogen-bond acceptors (Lipinski definition) is 5. The van der Waals surface area contributed by atoms with Gasteiger partial charge in [0.2, 0.25) is 5.91 Å². The van der Waals surface area contributed by atoms with Crippen LogP contribution >= 0.6 is 0 Å². The molecular weight excluding hydrogens is 392 g/mol. The van der Waals surface area contributed by atoms with Gasteiger partial charge in [-0.2, -0.15) is 0 Å². The zero-order valence-corrected chi connectivity index (χ0v) is 17.1. The average molecular weight is 416 g/mol. The zero-order chi connectivity index (χ0) is 20.9. The molecule has 0 fully saturated rings. The van der Waals surface area contributed by atoms with Crippen LogP contribution in [-0.4, -0.2) is 39.1 Å². The molecule has 0 atom stereocenters. The molecule has 29 heavy (non-hydrogen) atoms. The number of carbonyl (C=O) groups is 2. The quantitative estimate of drug-likeness (QED) is 0.643. The third-order valence-corrected chi connectivity index (χ3v) is 6.50. The number of fused-ring (bicyclic) bond motifs is 1. The Kier molecular flexibility index (Phi) is 6.53. The van der Waals surface area contributed by atoms with Crippen molar-refractivity contribution in [2.75, 3.05) is 24.2 Å². The molecular formula is C21H24N2O5S. The van der Waals surface area contributed by atoms with Gasteiger partial charge in [0.25, 0.3) is 5.91 Å². The van der Waals surface area contributed by atoms with Crippen LogP contribution in [0.15, 0.2) is 47.4 Å². The fourth-order valence-corrected chi connectivity index (χ4v) is 4.65. The van der Waals surface area contributed by atoms with E-state index in [1.54, 1.807) is 13.0 Å². The summed E-state index contributed by atoms with van der Waals surface area (Å²) >= 11 is 0. The number of sulfone groups is 1. The molecule has 7 nitrogen and oxygen atoms in total. The van der Waals surface area contributed by atoms with Crippen LogP contribution in [-0.2, 0) is 25.8 Å². The van der Waals surface area contributed by atoms with Crippen molar-refractivity contribution in [3.05, 3.63) is 53.6 Å². The summed E-state index contributed by atoms with van der Waals surface area (Å²) in [5.41, 5.74) is 2.15. The molecule has 0 saturated heterocycles. The summed E-state index contributed by atoms with van der Waals surface area (Å²) in [6.45, 7) is 2.00. The first-order chi connectivity index (χ1) is 13.8. The van der Waals surface area contributed by atoms with Crippen LogP contribution in [0.2, 0.25) is 0 Å². The molecule has 2 aromatic rings.